The minimum atomic E-state index is 0.242. The molecule has 0 atom stereocenters. The van der Waals surface area contributed by atoms with Gasteiger partial charge in [0.2, 0.25) is 6.79 Å². The first kappa shape index (κ1) is 14.0. The first-order chi connectivity index (χ1) is 11.3. The maximum absolute atomic E-state index is 6.25. The summed E-state index contributed by atoms with van der Waals surface area (Å²) >= 11 is 7.98. The monoisotopic (exact) mass is 349 g/mol. The molecular formula is C16H16ClN3O2S. The van der Waals surface area contributed by atoms with Crippen LogP contribution in [-0.2, 0) is 5.75 Å². The summed E-state index contributed by atoms with van der Waals surface area (Å²) in [5, 5.41) is 10.5. The lowest BCUT2D eigenvalue weighted by molar-refractivity contribution is 0.174. The highest BCUT2D eigenvalue weighted by molar-refractivity contribution is 7.98. The zero-order chi connectivity index (χ0) is 15.4. The Morgan fingerprint density at radius 1 is 1.17 bits per heavy atom. The van der Waals surface area contributed by atoms with Gasteiger partial charge >= 0.3 is 0 Å². The van der Waals surface area contributed by atoms with E-state index in [1.54, 1.807) is 11.8 Å². The van der Waals surface area contributed by atoms with Crippen LogP contribution in [0.5, 0.6) is 11.5 Å². The fourth-order valence-electron chi connectivity index (χ4n) is 2.93. The second kappa shape index (κ2) is 5.31. The van der Waals surface area contributed by atoms with E-state index in [4.69, 9.17) is 21.1 Å². The fraction of sp³-hybridized carbons (Fsp3) is 0.500. The summed E-state index contributed by atoms with van der Waals surface area (Å²) in [5.41, 5.74) is 1.11. The van der Waals surface area contributed by atoms with Crippen molar-refractivity contribution in [2.24, 2.45) is 0 Å². The molecule has 0 bridgehead atoms. The first-order valence-corrected chi connectivity index (χ1v) is 9.31. The molecule has 120 valence electrons. The number of nitrogens with zero attached hydrogens (tertiary/aromatic N) is 3. The number of fused-ring (bicyclic) bond motifs is 1. The number of ether oxygens (including phenoxy) is 2. The SMILES string of the molecule is Clc1cc(CSc2nnc(C3CC3)n2C2CC2)cc2c1OCO2. The lowest BCUT2D eigenvalue weighted by Gasteiger charge is -2.08. The number of thioether (sulfide) groups is 1. The van der Waals surface area contributed by atoms with Crippen LogP contribution in [0.2, 0.25) is 5.02 Å². The second-order valence-corrected chi connectivity index (χ2v) is 7.67. The van der Waals surface area contributed by atoms with Crippen LogP contribution in [-0.4, -0.2) is 21.6 Å². The number of halogens is 1. The van der Waals surface area contributed by atoms with E-state index in [0.29, 0.717) is 22.7 Å². The highest BCUT2D eigenvalue weighted by Crippen LogP contribution is 2.46. The van der Waals surface area contributed by atoms with Gasteiger partial charge in [-0.2, -0.15) is 0 Å². The van der Waals surface area contributed by atoms with Gasteiger partial charge in [-0.1, -0.05) is 23.4 Å². The average Bonchev–Trinajstić information content (AvgIpc) is 3.47. The van der Waals surface area contributed by atoms with Crippen LogP contribution in [0, 0.1) is 0 Å². The van der Waals surface area contributed by atoms with Gasteiger partial charge in [0.15, 0.2) is 16.7 Å². The largest absolute Gasteiger partial charge is 0.454 e. The molecule has 0 unspecified atom stereocenters. The number of hydrogen-bond acceptors (Lipinski definition) is 5. The van der Waals surface area contributed by atoms with Crippen molar-refractivity contribution in [2.75, 3.05) is 6.79 Å². The summed E-state index contributed by atoms with van der Waals surface area (Å²) < 4.78 is 13.2. The molecule has 0 amide bonds. The van der Waals surface area contributed by atoms with Crippen LogP contribution in [0.15, 0.2) is 17.3 Å². The Labute approximate surface area is 143 Å². The number of aromatic nitrogens is 3. The number of hydrogen-bond donors (Lipinski definition) is 0. The van der Waals surface area contributed by atoms with Crippen molar-refractivity contribution in [2.45, 2.75) is 48.6 Å². The van der Waals surface area contributed by atoms with Gasteiger partial charge < -0.3 is 14.0 Å². The molecule has 5 nitrogen and oxygen atoms in total. The fourth-order valence-corrected chi connectivity index (χ4v) is 4.17. The Balaban J connectivity index is 1.38. The molecule has 2 aliphatic carbocycles. The molecule has 0 N–H and O–H groups in total. The quantitative estimate of drug-likeness (QED) is 0.758. The van der Waals surface area contributed by atoms with Gasteiger partial charge in [0, 0.05) is 17.7 Å². The lowest BCUT2D eigenvalue weighted by Crippen LogP contribution is -2.01. The van der Waals surface area contributed by atoms with Crippen molar-refractivity contribution >= 4 is 23.4 Å². The number of benzene rings is 1. The minimum absolute atomic E-state index is 0.242. The smallest absolute Gasteiger partial charge is 0.231 e. The van der Waals surface area contributed by atoms with Gasteiger partial charge in [0.1, 0.15) is 5.82 Å². The van der Waals surface area contributed by atoms with Crippen molar-refractivity contribution in [1.82, 2.24) is 14.8 Å². The van der Waals surface area contributed by atoms with E-state index in [9.17, 15) is 0 Å². The zero-order valence-electron chi connectivity index (χ0n) is 12.5. The lowest BCUT2D eigenvalue weighted by atomic mass is 10.2. The van der Waals surface area contributed by atoms with E-state index in [-0.39, 0.29) is 6.79 Å². The first-order valence-electron chi connectivity index (χ1n) is 7.95. The third-order valence-corrected chi connectivity index (χ3v) is 5.70. The molecule has 1 aliphatic heterocycles. The van der Waals surface area contributed by atoms with E-state index >= 15 is 0 Å². The topological polar surface area (TPSA) is 49.2 Å². The summed E-state index contributed by atoms with van der Waals surface area (Å²) in [5.74, 6) is 4.01. The van der Waals surface area contributed by atoms with Crippen LogP contribution in [0.4, 0.5) is 0 Å². The molecule has 3 aliphatic rings. The zero-order valence-corrected chi connectivity index (χ0v) is 14.1. The molecular weight excluding hydrogens is 334 g/mol. The standard InChI is InChI=1S/C16H16ClN3O2S/c17-12-5-9(6-13-14(12)22-8-21-13)7-23-16-19-18-15(10-1-2-10)20(16)11-3-4-11/h5-6,10-11H,1-4,7-8H2. The Morgan fingerprint density at radius 2 is 2.04 bits per heavy atom. The van der Waals surface area contributed by atoms with Gasteiger partial charge in [-0.3, -0.25) is 0 Å². The van der Waals surface area contributed by atoms with E-state index < -0.39 is 0 Å². The normalized spacial score (nSPS) is 19.3. The molecule has 0 saturated heterocycles. The van der Waals surface area contributed by atoms with Crippen molar-refractivity contribution in [3.8, 4) is 11.5 Å². The van der Waals surface area contributed by atoms with Crippen molar-refractivity contribution < 1.29 is 9.47 Å². The molecule has 1 aromatic heterocycles. The van der Waals surface area contributed by atoms with E-state index in [2.05, 4.69) is 14.8 Å². The van der Waals surface area contributed by atoms with Gasteiger partial charge in [0.25, 0.3) is 0 Å². The molecule has 1 aromatic carbocycles. The predicted molar refractivity (Wildman–Crippen MR) is 87.4 cm³/mol. The molecule has 2 aromatic rings. The third-order valence-electron chi connectivity index (χ3n) is 4.40. The summed E-state index contributed by atoms with van der Waals surface area (Å²) in [6.07, 6.45) is 5.02. The molecule has 2 heterocycles. The maximum atomic E-state index is 6.25. The van der Waals surface area contributed by atoms with E-state index in [0.717, 1.165) is 22.2 Å². The van der Waals surface area contributed by atoms with Gasteiger partial charge in [-0.05, 0) is 43.4 Å². The second-order valence-electron chi connectivity index (χ2n) is 6.32. The molecule has 7 heteroatoms. The third kappa shape index (κ3) is 2.58. The summed E-state index contributed by atoms with van der Waals surface area (Å²) in [6, 6.07) is 4.56. The summed E-state index contributed by atoms with van der Waals surface area (Å²) in [4.78, 5) is 0. The molecule has 5 rings (SSSR count). The van der Waals surface area contributed by atoms with Crippen molar-refractivity contribution in [3.63, 3.8) is 0 Å². The molecule has 2 fully saturated rings. The van der Waals surface area contributed by atoms with E-state index in [1.807, 2.05) is 12.1 Å². The van der Waals surface area contributed by atoms with Gasteiger partial charge in [-0.15, -0.1) is 10.2 Å². The Hall–Kier alpha value is -1.40. The van der Waals surface area contributed by atoms with Gasteiger partial charge in [0.05, 0.1) is 5.02 Å². The Bertz CT molecular complexity index is 771. The van der Waals surface area contributed by atoms with Crippen LogP contribution in [0.3, 0.4) is 0 Å². The number of rotatable bonds is 5. The van der Waals surface area contributed by atoms with Crippen LogP contribution < -0.4 is 9.47 Å². The molecule has 0 radical (unpaired) electrons. The molecule has 23 heavy (non-hydrogen) atoms. The Kier molecular flexibility index (Phi) is 3.23. The van der Waals surface area contributed by atoms with Crippen molar-refractivity contribution in [1.29, 1.82) is 0 Å². The van der Waals surface area contributed by atoms with E-state index in [1.165, 1.54) is 31.5 Å². The average molecular weight is 350 g/mol. The minimum Gasteiger partial charge on any atom is -0.454 e. The summed E-state index contributed by atoms with van der Waals surface area (Å²) in [6.45, 7) is 0.242. The van der Waals surface area contributed by atoms with Crippen LogP contribution in [0.1, 0.15) is 49.0 Å². The van der Waals surface area contributed by atoms with Crippen LogP contribution in [0.25, 0.3) is 0 Å². The predicted octanol–water partition coefficient (Wildman–Crippen LogP) is 4.16. The van der Waals surface area contributed by atoms with Gasteiger partial charge in [-0.25, -0.2) is 0 Å². The summed E-state index contributed by atoms with van der Waals surface area (Å²) in [7, 11) is 0. The molecule has 0 spiro atoms. The maximum Gasteiger partial charge on any atom is 0.231 e. The van der Waals surface area contributed by atoms with Crippen LogP contribution >= 0.6 is 23.4 Å². The molecule has 2 saturated carbocycles. The van der Waals surface area contributed by atoms with Crippen molar-refractivity contribution in [3.05, 3.63) is 28.5 Å². The Morgan fingerprint density at radius 3 is 2.83 bits per heavy atom. The highest BCUT2D eigenvalue weighted by atomic mass is 35.5. The highest BCUT2D eigenvalue weighted by Gasteiger charge is 2.36.